The first-order valence-corrected chi connectivity index (χ1v) is 12.5. The van der Waals surface area contributed by atoms with Crippen molar-refractivity contribution in [2.75, 3.05) is 6.61 Å². The van der Waals surface area contributed by atoms with Crippen LogP contribution < -0.4 is 20.5 Å². The van der Waals surface area contributed by atoms with Crippen molar-refractivity contribution in [2.45, 2.75) is 39.5 Å². The van der Waals surface area contributed by atoms with Crippen molar-refractivity contribution in [3.05, 3.63) is 95.9 Å². The summed E-state index contributed by atoms with van der Waals surface area (Å²) in [6, 6.07) is 18.0. The molecule has 7 heteroatoms. The van der Waals surface area contributed by atoms with E-state index >= 15 is 0 Å². The van der Waals surface area contributed by atoms with Gasteiger partial charge in [-0.25, -0.2) is 4.79 Å². The van der Waals surface area contributed by atoms with E-state index in [1.807, 2.05) is 48.5 Å². The Hall–Kier alpha value is -3.89. The molecule has 0 spiro atoms. The Morgan fingerprint density at radius 1 is 1.09 bits per heavy atom. The maximum Gasteiger partial charge on any atom is 0.338 e. The smallest absolute Gasteiger partial charge is 0.338 e. The molecule has 0 fully saturated rings. The molecule has 1 aromatic heterocycles. The molecule has 1 aliphatic rings. The molecule has 3 aromatic rings. The number of hydrogen-bond acceptors (Lipinski definition) is 6. The van der Waals surface area contributed by atoms with Crippen LogP contribution in [0.1, 0.15) is 48.9 Å². The molecule has 0 unspecified atom stereocenters. The molecule has 35 heavy (non-hydrogen) atoms. The number of nitrogens with two attached hydrogens (primary N) is 1. The monoisotopic (exact) mass is 485 g/mol. The highest BCUT2D eigenvalue weighted by atomic mass is 32.1. The van der Waals surface area contributed by atoms with E-state index in [1.165, 1.54) is 21.5 Å². The van der Waals surface area contributed by atoms with Crippen molar-refractivity contribution < 1.29 is 9.53 Å². The first-order chi connectivity index (χ1) is 16.9. The Morgan fingerprint density at radius 3 is 2.23 bits per heavy atom. The summed E-state index contributed by atoms with van der Waals surface area (Å²) >= 11 is 1.21. The van der Waals surface area contributed by atoms with E-state index in [0.717, 1.165) is 29.5 Å². The van der Waals surface area contributed by atoms with Crippen LogP contribution >= 0.6 is 11.3 Å². The van der Waals surface area contributed by atoms with Crippen molar-refractivity contribution in [3.63, 3.8) is 0 Å². The molecule has 0 aliphatic carbocycles. The fourth-order valence-electron chi connectivity index (χ4n) is 4.24. The molecule has 6 nitrogen and oxygen atoms in total. The topological polar surface area (TPSA) is 98.1 Å². The number of ether oxygens (including phenoxy) is 1. The second-order valence-corrected chi connectivity index (χ2v) is 9.26. The number of nitriles is 1. The largest absolute Gasteiger partial charge is 0.463 e. The van der Waals surface area contributed by atoms with Crippen LogP contribution in [0.25, 0.3) is 17.5 Å². The molecule has 0 radical (unpaired) electrons. The van der Waals surface area contributed by atoms with Crippen LogP contribution in [0.4, 0.5) is 0 Å². The lowest BCUT2D eigenvalue weighted by atomic mass is 9.83. The number of carbonyl (C=O) groups is 1. The van der Waals surface area contributed by atoms with E-state index in [2.05, 4.69) is 19.9 Å². The SMILES string of the molecule is CCOC(=O)C1=C(N)n2c(s/c(=C\c3ccc(CC)cc3)c2=O)=C(C#N)[C@H]1c1ccc(CC)cc1. The third-order valence-corrected chi connectivity index (χ3v) is 7.28. The van der Waals surface area contributed by atoms with Gasteiger partial charge in [-0.15, -0.1) is 11.3 Å². The number of nitrogens with zero attached hydrogens (tertiary/aromatic N) is 2. The van der Waals surface area contributed by atoms with Gasteiger partial charge in [-0.2, -0.15) is 5.26 Å². The molecular weight excluding hydrogens is 458 g/mol. The second kappa shape index (κ2) is 10.2. The van der Waals surface area contributed by atoms with E-state index in [9.17, 15) is 14.9 Å². The standard InChI is InChI=1S/C28H27N3O3S/c1-4-17-7-9-19(10-8-17)15-22-26(32)31-25(30)24(28(33)34-6-3)23(21(16-29)27(31)35-22)20-13-11-18(5-2)12-14-20/h7-15,23H,4-6,30H2,1-3H3/b22-15-/t23-/m1/s1. The summed E-state index contributed by atoms with van der Waals surface area (Å²) in [6.45, 7) is 6.00. The average molecular weight is 486 g/mol. The van der Waals surface area contributed by atoms with Crippen molar-refractivity contribution >= 4 is 34.8 Å². The van der Waals surface area contributed by atoms with E-state index in [0.29, 0.717) is 14.8 Å². The number of aryl methyl sites for hydroxylation is 2. The molecule has 2 heterocycles. The van der Waals surface area contributed by atoms with Crippen molar-refractivity contribution in [1.29, 1.82) is 5.26 Å². The van der Waals surface area contributed by atoms with Crippen LogP contribution in [0.5, 0.6) is 0 Å². The number of hydrogen-bond donors (Lipinski definition) is 1. The summed E-state index contributed by atoms with van der Waals surface area (Å²) in [6.07, 6.45) is 3.58. The molecule has 178 valence electrons. The molecular formula is C28H27N3O3S. The van der Waals surface area contributed by atoms with Gasteiger partial charge >= 0.3 is 5.97 Å². The van der Waals surface area contributed by atoms with Gasteiger partial charge in [-0.3, -0.25) is 9.36 Å². The number of benzene rings is 2. The maximum atomic E-state index is 13.4. The number of fused-ring (bicyclic) bond motifs is 1. The number of carbonyl (C=O) groups excluding carboxylic acids is 1. The molecule has 2 aromatic carbocycles. The van der Waals surface area contributed by atoms with E-state index in [-0.39, 0.29) is 23.6 Å². The van der Waals surface area contributed by atoms with Gasteiger partial charge in [0.25, 0.3) is 5.56 Å². The number of aromatic nitrogens is 1. The van der Waals surface area contributed by atoms with Crippen LogP contribution in [-0.4, -0.2) is 17.1 Å². The maximum absolute atomic E-state index is 13.4. The quantitative estimate of drug-likeness (QED) is 0.541. The zero-order valence-corrected chi connectivity index (χ0v) is 20.8. The zero-order chi connectivity index (χ0) is 25.1. The van der Waals surface area contributed by atoms with Crippen molar-refractivity contribution in [2.24, 2.45) is 5.73 Å². The number of rotatable bonds is 6. The van der Waals surface area contributed by atoms with Gasteiger partial charge < -0.3 is 10.5 Å². The van der Waals surface area contributed by atoms with Gasteiger partial charge in [-0.1, -0.05) is 62.4 Å². The Bertz CT molecular complexity index is 1520. The van der Waals surface area contributed by atoms with Crippen LogP contribution in [0.3, 0.4) is 0 Å². The van der Waals surface area contributed by atoms with Crippen molar-refractivity contribution in [1.82, 2.24) is 4.57 Å². The van der Waals surface area contributed by atoms with Gasteiger partial charge in [0.2, 0.25) is 0 Å². The van der Waals surface area contributed by atoms with E-state index in [1.54, 1.807) is 13.0 Å². The molecule has 4 rings (SSSR count). The van der Waals surface area contributed by atoms with Crippen molar-refractivity contribution in [3.8, 4) is 6.07 Å². The second-order valence-electron chi connectivity index (χ2n) is 8.22. The Kier molecular flexibility index (Phi) is 7.04. The van der Waals surface area contributed by atoms with Gasteiger partial charge in [0, 0.05) is 0 Å². The minimum Gasteiger partial charge on any atom is -0.463 e. The normalized spacial score (nSPS) is 15.7. The van der Waals surface area contributed by atoms with Gasteiger partial charge in [0.05, 0.1) is 34.3 Å². The van der Waals surface area contributed by atoms with Crippen LogP contribution in [0.15, 0.2) is 58.9 Å². The Morgan fingerprint density at radius 2 is 1.69 bits per heavy atom. The summed E-state index contributed by atoms with van der Waals surface area (Å²) in [5.74, 6) is -1.35. The summed E-state index contributed by atoms with van der Waals surface area (Å²) in [7, 11) is 0. The predicted octanol–water partition coefficient (Wildman–Crippen LogP) is 3.03. The predicted molar refractivity (Wildman–Crippen MR) is 139 cm³/mol. The van der Waals surface area contributed by atoms with Gasteiger partial charge in [-0.05, 0) is 48.1 Å². The third kappa shape index (κ3) is 4.45. The summed E-state index contributed by atoms with van der Waals surface area (Å²) in [5.41, 5.74) is 10.5. The Balaban J connectivity index is 2.00. The van der Waals surface area contributed by atoms with Crippen LogP contribution in [-0.2, 0) is 22.4 Å². The molecule has 2 N–H and O–H groups in total. The first-order valence-electron chi connectivity index (χ1n) is 11.7. The van der Waals surface area contributed by atoms with E-state index in [4.69, 9.17) is 10.5 Å². The van der Waals surface area contributed by atoms with E-state index < -0.39 is 11.9 Å². The number of esters is 1. The average Bonchev–Trinajstić information content (AvgIpc) is 3.20. The highest BCUT2D eigenvalue weighted by Crippen LogP contribution is 2.36. The Labute approximate surface area is 207 Å². The lowest BCUT2D eigenvalue weighted by molar-refractivity contribution is -0.138. The molecule has 0 amide bonds. The summed E-state index contributed by atoms with van der Waals surface area (Å²) in [4.78, 5) is 26.5. The lowest BCUT2D eigenvalue weighted by Crippen LogP contribution is -2.40. The van der Waals surface area contributed by atoms with Gasteiger partial charge in [0.1, 0.15) is 10.5 Å². The fourth-order valence-corrected chi connectivity index (χ4v) is 5.37. The highest BCUT2D eigenvalue weighted by molar-refractivity contribution is 7.07. The fraction of sp³-hybridized carbons (Fsp3) is 0.250. The van der Waals surface area contributed by atoms with Crippen LogP contribution in [0.2, 0.25) is 0 Å². The highest BCUT2D eigenvalue weighted by Gasteiger charge is 2.36. The van der Waals surface area contributed by atoms with Gasteiger partial charge in [0.15, 0.2) is 0 Å². The summed E-state index contributed by atoms with van der Waals surface area (Å²) in [5, 5.41) is 10.2. The molecule has 0 saturated carbocycles. The summed E-state index contributed by atoms with van der Waals surface area (Å²) < 4.78 is 7.45. The molecule has 0 bridgehead atoms. The molecule has 0 saturated heterocycles. The third-order valence-electron chi connectivity index (χ3n) is 6.17. The number of thiazole rings is 1. The molecule has 1 aliphatic heterocycles. The minimum atomic E-state index is -0.723. The minimum absolute atomic E-state index is 0.00393. The molecule has 1 atom stereocenters. The lowest BCUT2D eigenvalue weighted by Gasteiger charge is -2.25. The van der Waals surface area contributed by atoms with Crippen LogP contribution in [0, 0.1) is 11.3 Å². The zero-order valence-electron chi connectivity index (χ0n) is 20.0. The first kappa shape index (κ1) is 24.2.